The molecule has 174 valence electrons. The fourth-order valence-electron chi connectivity index (χ4n) is 4.70. The average molecular weight is 495 g/mol. The Bertz CT molecular complexity index is 1340. The Morgan fingerprint density at radius 3 is 2.53 bits per heavy atom. The number of likely N-dealkylation sites (N-methyl/N-ethyl adjacent to an activating group) is 1. The molecule has 0 fully saturated rings. The van der Waals surface area contributed by atoms with Gasteiger partial charge in [-0.1, -0.05) is 47.5 Å². The van der Waals surface area contributed by atoms with Gasteiger partial charge in [-0.25, -0.2) is 4.39 Å². The monoisotopic (exact) mass is 494 g/mol. The van der Waals surface area contributed by atoms with Gasteiger partial charge in [-0.15, -0.1) is 0 Å². The zero-order valence-corrected chi connectivity index (χ0v) is 20.6. The zero-order valence-electron chi connectivity index (χ0n) is 19.1. The summed E-state index contributed by atoms with van der Waals surface area (Å²) in [5.41, 5.74) is 6.49. The van der Waals surface area contributed by atoms with Crippen molar-refractivity contribution in [2.24, 2.45) is 0 Å². The zero-order chi connectivity index (χ0) is 23.8. The van der Waals surface area contributed by atoms with Crippen LogP contribution in [0.5, 0.6) is 0 Å². The van der Waals surface area contributed by atoms with Crippen molar-refractivity contribution in [3.8, 4) is 11.1 Å². The Labute approximate surface area is 209 Å². The quantitative estimate of drug-likeness (QED) is 0.277. The Balaban J connectivity index is 1.39. The number of hydrogen-bond acceptors (Lipinski definition) is 3. The standard InChI is InChI=1S/C28H25Cl2FN2O/c1-33(2)27(10-5-17-3-7-22(31)8-4-17)28-23-9-6-18(11-21(23)16-34-28)20-12-19-13-24(29)25(30)14-26(19)32-15-20/h3-4,6-9,11-15,27-28H,5,10,16H2,1-2H3. The second-order valence-corrected chi connectivity index (χ2v) is 9.84. The van der Waals surface area contributed by atoms with Crippen LogP contribution in [0.2, 0.25) is 10.0 Å². The summed E-state index contributed by atoms with van der Waals surface area (Å²) in [6, 6.07) is 19.2. The van der Waals surface area contributed by atoms with Gasteiger partial charge in [-0.3, -0.25) is 4.98 Å². The van der Waals surface area contributed by atoms with Crippen LogP contribution in [0.15, 0.2) is 66.9 Å². The summed E-state index contributed by atoms with van der Waals surface area (Å²) in [7, 11) is 4.17. The normalized spacial score (nSPS) is 16.2. The lowest BCUT2D eigenvalue weighted by atomic mass is 9.92. The maximum atomic E-state index is 13.2. The van der Waals surface area contributed by atoms with Gasteiger partial charge in [-0.05, 0) is 85.6 Å². The van der Waals surface area contributed by atoms with Crippen LogP contribution in [0.4, 0.5) is 4.39 Å². The topological polar surface area (TPSA) is 25.4 Å². The van der Waals surface area contributed by atoms with Crippen molar-refractivity contribution in [2.75, 3.05) is 14.1 Å². The minimum absolute atomic E-state index is 0.00447. The lowest BCUT2D eigenvalue weighted by Gasteiger charge is -2.30. The number of aromatic nitrogens is 1. The van der Waals surface area contributed by atoms with E-state index in [1.165, 1.54) is 23.3 Å². The molecule has 2 heterocycles. The van der Waals surface area contributed by atoms with Crippen LogP contribution in [-0.2, 0) is 17.8 Å². The maximum Gasteiger partial charge on any atom is 0.123 e. The Hall–Kier alpha value is -2.50. The number of fused-ring (bicyclic) bond motifs is 2. The van der Waals surface area contributed by atoms with Crippen LogP contribution in [-0.4, -0.2) is 30.0 Å². The Morgan fingerprint density at radius 1 is 1.00 bits per heavy atom. The molecule has 0 spiro atoms. The summed E-state index contributed by atoms with van der Waals surface area (Å²) >= 11 is 12.3. The molecule has 0 amide bonds. The van der Waals surface area contributed by atoms with E-state index in [1.54, 1.807) is 6.07 Å². The third kappa shape index (κ3) is 4.69. The van der Waals surface area contributed by atoms with Crippen LogP contribution in [0.25, 0.3) is 22.0 Å². The minimum Gasteiger partial charge on any atom is -0.367 e. The predicted octanol–water partition coefficient (Wildman–Crippen LogP) is 7.48. The van der Waals surface area contributed by atoms with Crippen molar-refractivity contribution < 1.29 is 9.13 Å². The number of rotatable bonds is 6. The van der Waals surface area contributed by atoms with Crippen LogP contribution in [0.3, 0.4) is 0 Å². The second kappa shape index (κ2) is 9.63. The number of halogens is 3. The molecule has 1 aliphatic rings. The van der Waals surface area contributed by atoms with Gasteiger partial charge in [0, 0.05) is 23.2 Å². The van der Waals surface area contributed by atoms with Gasteiger partial charge in [0.15, 0.2) is 0 Å². The molecule has 1 aliphatic heterocycles. The van der Waals surface area contributed by atoms with Crippen molar-refractivity contribution >= 4 is 34.1 Å². The van der Waals surface area contributed by atoms with E-state index in [2.05, 4.69) is 48.2 Å². The first kappa shape index (κ1) is 23.3. The van der Waals surface area contributed by atoms with Gasteiger partial charge < -0.3 is 9.64 Å². The highest BCUT2D eigenvalue weighted by atomic mass is 35.5. The third-order valence-electron chi connectivity index (χ3n) is 6.58. The van der Waals surface area contributed by atoms with Gasteiger partial charge in [-0.2, -0.15) is 0 Å². The van der Waals surface area contributed by atoms with E-state index >= 15 is 0 Å². The molecule has 0 saturated carbocycles. The fraction of sp³-hybridized carbons (Fsp3) is 0.250. The summed E-state index contributed by atoms with van der Waals surface area (Å²) in [4.78, 5) is 6.80. The molecule has 0 N–H and O–H groups in total. The molecule has 0 radical (unpaired) electrons. The van der Waals surface area contributed by atoms with Crippen molar-refractivity contribution in [3.63, 3.8) is 0 Å². The molecule has 34 heavy (non-hydrogen) atoms. The van der Waals surface area contributed by atoms with E-state index in [4.69, 9.17) is 27.9 Å². The van der Waals surface area contributed by atoms with Crippen LogP contribution >= 0.6 is 23.2 Å². The fourth-order valence-corrected chi connectivity index (χ4v) is 5.03. The van der Waals surface area contributed by atoms with Crippen molar-refractivity contribution in [3.05, 3.63) is 99.4 Å². The van der Waals surface area contributed by atoms with Gasteiger partial charge in [0.2, 0.25) is 0 Å². The summed E-state index contributed by atoms with van der Waals surface area (Å²) in [5, 5.41) is 1.98. The van der Waals surface area contributed by atoms with Gasteiger partial charge >= 0.3 is 0 Å². The maximum absolute atomic E-state index is 13.2. The summed E-state index contributed by atoms with van der Waals surface area (Å²) < 4.78 is 19.5. The van der Waals surface area contributed by atoms with Gasteiger partial charge in [0.1, 0.15) is 5.82 Å². The molecule has 3 aromatic carbocycles. The summed E-state index contributed by atoms with van der Waals surface area (Å²) in [5.74, 6) is -0.203. The van der Waals surface area contributed by atoms with Crippen LogP contribution in [0.1, 0.15) is 29.2 Å². The van der Waals surface area contributed by atoms with E-state index < -0.39 is 0 Å². The van der Waals surface area contributed by atoms with Gasteiger partial charge in [0.25, 0.3) is 0 Å². The number of aryl methyl sites for hydroxylation is 1. The first-order valence-electron chi connectivity index (χ1n) is 11.3. The number of benzene rings is 3. The predicted molar refractivity (Wildman–Crippen MR) is 137 cm³/mol. The molecule has 3 nitrogen and oxygen atoms in total. The summed E-state index contributed by atoms with van der Waals surface area (Å²) in [6.07, 6.45) is 3.65. The molecular weight excluding hydrogens is 470 g/mol. The highest BCUT2D eigenvalue weighted by Gasteiger charge is 2.32. The molecule has 1 aromatic heterocycles. The van der Waals surface area contributed by atoms with E-state index in [-0.39, 0.29) is 18.0 Å². The molecule has 4 aromatic rings. The molecule has 0 aliphatic carbocycles. The van der Waals surface area contributed by atoms with E-state index in [9.17, 15) is 4.39 Å². The lowest BCUT2D eigenvalue weighted by molar-refractivity contribution is 0.00519. The second-order valence-electron chi connectivity index (χ2n) is 9.02. The van der Waals surface area contributed by atoms with Crippen LogP contribution < -0.4 is 0 Å². The summed E-state index contributed by atoms with van der Waals surface area (Å²) in [6.45, 7) is 0.581. The lowest BCUT2D eigenvalue weighted by Crippen LogP contribution is -2.34. The number of ether oxygens (including phenoxy) is 1. The molecule has 0 saturated heterocycles. The Morgan fingerprint density at radius 2 is 1.76 bits per heavy atom. The third-order valence-corrected chi connectivity index (χ3v) is 7.30. The molecule has 2 atom stereocenters. The molecule has 5 rings (SSSR count). The molecule has 6 heteroatoms. The first-order chi connectivity index (χ1) is 16.4. The highest BCUT2D eigenvalue weighted by Crippen LogP contribution is 2.38. The number of nitrogens with zero attached hydrogens (tertiary/aromatic N) is 2. The Kier molecular flexibility index (Phi) is 6.59. The largest absolute Gasteiger partial charge is 0.367 e. The smallest absolute Gasteiger partial charge is 0.123 e. The number of hydrogen-bond donors (Lipinski definition) is 0. The van der Waals surface area contributed by atoms with Crippen molar-refractivity contribution in [2.45, 2.75) is 31.6 Å². The number of pyridine rings is 1. The minimum atomic E-state index is -0.203. The SMILES string of the molecule is CN(C)C(CCc1ccc(F)cc1)C1OCc2cc(-c3cnc4cc(Cl)c(Cl)cc4c3)ccc21. The highest BCUT2D eigenvalue weighted by molar-refractivity contribution is 6.42. The molecule has 2 unspecified atom stereocenters. The first-order valence-corrected chi connectivity index (χ1v) is 12.0. The van der Waals surface area contributed by atoms with Crippen molar-refractivity contribution in [1.82, 2.24) is 9.88 Å². The average Bonchev–Trinajstić information content (AvgIpc) is 3.24. The van der Waals surface area contributed by atoms with Gasteiger partial charge in [0.05, 0.1) is 28.3 Å². The van der Waals surface area contributed by atoms with Crippen molar-refractivity contribution in [1.29, 1.82) is 0 Å². The molecule has 0 bridgehead atoms. The van der Waals surface area contributed by atoms with E-state index in [0.717, 1.165) is 40.4 Å². The van der Waals surface area contributed by atoms with E-state index in [0.29, 0.717) is 16.7 Å². The molecular formula is C28H25Cl2FN2O. The van der Waals surface area contributed by atoms with Crippen LogP contribution in [0, 0.1) is 5.82 Å². The van der Waals surface area contributed by atoms with E-state index in [1.807, 2.05) is 24.4 Å².